The predicted octanol–water partition coefficient (Wildman–Crippen LogP) is 4.12. The lowest BCUT2D eigenvalue weighted by atomic mass is 9.45. The van der Waals surface area contributed by atoms with E-state index < -0.39 is 34.7 Å². The van der Waals surface area contributed by atoms with Gasteiger partial charge >= 0.3 is 5.97 Å². The maximum Gasteiger partial charge on any atom is 0.336 e. The van der Waals surface area contributed by atoms with Crippen LogP contribution < -0.4 is 0 Å². The second-order valence-electron chi connectivity index (χ2n) is 11.6. The number of hydrogen-bond donors (Lipinski definition) is 3. The molecule has 1 heterocycles. The number of hydrogen-bond acceptors (Lipinski definition) is 4. The Balaban J connectivity index is 1.39. The Labute approximate surface area is 202 Å². The van der Waals surface area contributed by atoms with E-state index in [9.17, 15) is 28.9 Å². The zero-order valence-corrected chi connectivity index (χ0v) is 19.8. The molecule has 0 unspecified atom stereocenters. The van der Waals surface area contributed by atoms with Gasteiger partial charge in [0.05, 0.1) is 23.7 Å². The van der Waals surface area contributed by atoms with Crippen LogP contribution in [0.15, 0.2) is 30.0 Å². The summed E-state index contributed by atoms with van der Waals surface area (Å²) in [7, 11) is 0. The minimum atomic E-state index is -1.82. The van der Waals surface area contributed by atoms with Crippen molar-refractivity contribution in [2.45, 2.75) is 64.1 Å². The van der Waals surface area contributed by atoms with E-state index in [4.69, 9.17) is 0 Å². The van der Waals surface area contributed by atoms with Gasteiger partial charge in [-0.1, -0.05) is 19.4 Å². The maximum atomic E-state index is 13.9. The molecule has 6 rings (SSSR count). The second-order valence-corrected chi connectivity index (χ2v) is 11.6. The van der Waals surface area contributed by atoms with Gasteiger partial charge in [-0.2, -0.15) is 5.10 Å². The first-order valence-electron chi connectivity index (χ1n) is 12.4. The van der Waals surface area contributed by atoms with Gasteiger partial charge in [0, 0.05) is 11.5 Å². The molecule has 0 saturated heterocycles. The number of carboxylic acid groups (broad SMARTS) is 1. The summed E-state index contributed by atoms with van der Waals surface area (Å²) in [5.41, 5.74) is 0.226. The SMILES string of the molecule is C[C@]12Cc3cnn(-c4cc(F)cc(F)c4)c3C=C1CC[C@@H]1[C@@H]2[C@@H](O)C[C@@]2(C)[C@H]1CC[C@]2(O)C(=O)O. The topological polar surface area (TPSA) is 95.6 Å². The fourth-order valence-electron chi connectivity index (χ4n) is 8.41. The first-order valence-corrected chi connectivity index (χ1v) is 12.4. The molecule has 0 radical (unpaired) electrons. The lowest BCUT2D eigenvalue weighted by Gasteiger charge is -2.60. The average Bonchev–Trinajstić information content (AvgIpc) is 3.29. The summed E-state index contributed by atoms with van der Waals surface area (Å²) in [5.74, 6) is -2.46. The molecule has 1 aromatic carbocycles. The highest BCUT2D eigenvalue weighted by Gasteiger charge is 2.68. The van der Waals surface area contributed by atoms with Gasteiger partial charge in [0.2, 0.25) is 0 Å². The monoisotopic (exact) mass is 484 g/mol. The standard InChI is InChI=1S/C27H30F2N2O4/c1-25-11-14-13-30-31(18-9-16(28)8-17(29)10-18)21(14)7-15(25)3-4-19-20-5-6-27(35,24(33)34)26(20,2)12-22(32)23(19)25/h7-10,13,19-20,22-23,32,35H,3-6,11-12H2,1-2H3,(H,33,34)/t19-,20-,22-,23+,25-,26-,27-/m0/s1. The predicted molar refractivity (Wildman–Crippen MR) is 124 cm³/mol. The molecule has 4 aliphatic rings. The molecule has 0 spiro atoms. The van der Waals surface area contributed by atoms with Crippen LogP contribution >= 0.6 is 0 Å². The molecule has 6 nitrogen and oxygen atoms in total. The van der Waals surface area contributed by atoms with Crippen molar-refractivity contribution in [2.75, 3.05) is 0 Å². The minimum absolute atomic E-state index is 0.0229. The molecule has 4 aliphatic carbocycles. The Kier molecular flexibility index (Phi) is 4.72. The van der Waals surface area contributed by atoms with Crippen LogP contribution in [0.25, 0.3) is 11.8 Å². The number of aliphatic hydroxyl groups excluding tert-OH is 1. The van der Waals surface area contributed by atoms with Crippen LogP contribution in [0.2, 0.25) is 0 Å². The number of aromatic nitrogens is 2. The van der Waals surface area contributed by atoms with Gasteiger partial charge in [-0.15, -0.1) is 0 Å². The Morgan fingerprint density at radius 1 is 1.17 bits per heavy atom. The van der Waals surface area contributed by atoms with Gasteiger partial charge in [0.25, 0.3) is 0 Å². The van der Waals surface area contributed by atoms with Gasteiger partial charge in [-0.05, 0) is 85.5 Å². The van der Waals surface area contributed by atoms with Crippen molar-refractivity contribution in [3.05, 3.63) is 52.9 Å². The highest BCUT2D eigenvalue weighted by atomic mass is 19.1. The molecular formula is C27H30F2N2O4. The van der Waals surface area contributed by atoms with Crippen molar-refractivity contribution in [2.24, 2.45) is 28.6 Å². The van der Waals surface area contributed by atoms with Crippen LogP contribution in [-0.4, -0.2) is 42.8 Å². The summed E-state index contributed by atoms with van der Waals surface area (Å²) in [6.45, 7) is 4.01. The molecule has 3 saturated carbocycles. The molecule has 0 bridgehead atoms. The molecule has 0 aliphatic heterocycles. The molecule has 2 aromatic rings. The van der Waals surface area contributed by atoms with Crippen LogP contribution in [0.4, 0.5) is 8.78 Å². The molecule has 8 heteroatoms. The number of halogens is 2. The Morgan fingerprint density at radius 3 is 2.57 bits per heavy atom. The van der Waals surface area contributed by atoms with Crippen molar-refractivity contribution >= 4 is 12.0 Å². The van der Waals surface area contributed by atoms with Crippen LogP contribution in [0.1, 0.15) is 57.2 Å². The minimum Gasteiger partial charge on any atom is -0.479 e. The van der Waals surface area contributed by atoms with E-state index in [2.05, 4.69) is 18.1 Å². The first-order chi connectivity index (χ1) is 16.5. The molecule has 3 fully saturated rings. The number of nitrogens with zero attached hydrogens (tertiary/aromatic N) is 2. The number of fused-ring (bicyclic) bond motifs is 6. The molecule has 0 amide bonds. The quantitative estimate of drug-likeness (QED) is 0.596. The van der Waals surface area contributed by atoms with Crippen LogP contribution in [0, 0.1) is 40.2 Å². The number of allylic oxidation sites excluding steroid dienone is 1. The molecule has 35 heavy (non-hydrogen) atoms. The van der Waals surface area contributed by atoms with Crippen LogP contribution in [0.5, 0.6) is 0 Å². The van der Waals surface area contributed by atoms with E-state index >= 15 is 0 Å². The number of aliphatic carboxylic acids is 1. The maximum absolute atomic E-state index is 13.9. The van der Waals surface area contributed by atoms with Crippen LogP contribution in [0.3, 0.4) is 0 Å². The Hall–Kier alpha value is -2.58. The van der Waals surface area contributed by atoms with E-state index in [0.717, 1.165) is 30.2 Å². The second kappa shape index (κ2) is 7.23. The van der Waals surface area contributed by atoms with Gasteiger partial charge in [-0.25, -0.2) is 18.3 Å². The summed E-state index contributed by atoms with van der Waals surface area (Å²) in [6.07, 6.45) is 6.37. The van der Waals surface area contributed by atoms with E-state index in [1.54, 1.807) is 10.9 Å². The van der Waals surface area contributed by atoms with Gasteiger partial charge in [-0.3, -0.25) is 0 Å². The third-order valence-corrected chi connectivity index (χ3v) is 10.0. The zero-order valence-electron chi connectivity index (χ0n) is 19.8. The number of benzene rings is 1. The lowest BCUT2D eigenvalue weighted by molar-refractivity contribution is -0.193. The van der Waals surface area contributed by atoms with E-state index in [1.165, 1.54) is 17.7 Å². The smallest absolute Gasteiger partial charge is 0.336 e. The fraction of sp³-hybridized carbons (Fsp3) is 0.556. The molecule has 7 atom stereocenters. The van der Waals surface area contributed by atoms with Crippen molar-refractivity contribution in [3.63, 3.8) is 0 Å². The molecule has 186 valence electrons. The summed E-state index contributed by atoms with van der Waals surface area (Å²) in [4.78, 5) is 12.0. The number of carbonyl (C=O) groups is 1. The summed E-state index contributed by atoms with van der Waals surface area (Å²) in [5, 5.41) is 36.9. The molecule has 1 aromatic heterocycles. The highest BCUT2D eigenvalue weighted by molar-refractivity contribution is 5.79. The Bertz CT molecular complexity index is 1250. The van der Waals surface area contributed by atoms with Gasteiger partial charge in [0.15, 0.2) is 5.60 Å². The highest BCUT2D eigenvalue weighted by Crippen LogP contribution is 2.67. The third-order valence-electron chi connectivity index (χ3n) is 10.0. The first kappa shape index (κ1) is 22.9. The van der Waals surface area contributed by atoms with Crippen molar-refractivity contribution in [1.82, 2.24) is 9.78 Å². The van der Waals surface area contributed by atoms with E-state index in [1.807, 2.05) is 6.92 Å². The number of rotatable bonds is 2. The van der Waals surface area contributed by atoms with E-state index in [-0.39, 0.29) is 36.0 Å². The van der Waals surface area contributed by atoms with Crippen molar-refractivity contribution in [3.8, 4) is 5.69 Å². The van der Waals surface area contributed by atoms with Gasteiger partial charge < -0.3 is 15.3 Å². The number of aliphatic hydroxyl groups is 2. The van der Waals surface area contributed by atoms with Crippen molar-refractivity contribution in [1.29, 1.82) is 0 Å². The largest absolute Gasteiger partial charge is 0.479 e. The van der Waals surface area contributed by atoms with Gasteiger partial charge in [0.1, 0.15) is 11.6 Å². The average molecular weight is 485 g/mol. The Morgan fingerprint density at radius 2 is 1.89 bits per heavy atom. The summed E-state index contributed by atoms with van der Waals surface area (Å²) < 4.78 is 29.3. The summed E-state index contributed by atoms with van der Waals surface area (Å²) >= 11 is 0. The molecule has 3 N–H and O–H groups in total. The van der Waals surface area contributed by atoms with Crippen molar-refractivity contribution < 1.29 is 28.9 Å². The molecular weight excluding hydrogens is 454 g/mol. The fourth-order valence-corrected chi connectivity index (χ4v) is 8.41. The third kappa shape index (κ3) is 2.93. The van der Waals surface area contributed by atoms with Crippen LogP contribution in [-0.2, 0) is 11.2 Å². The van der Waals surface area contributed by atoms with E-state index in [0.29, 0.717) is 18.5 Å². The normalized spacial score (nSPS) is 39.8. The zero-order chi connectivity index (χ0) is 24.9. The lowest BCUT2D eigenvalue weighted by Crippen LogP contribution is -2.61. The number of carboxylic acids is 1. The summed E-state index contributed by atoms with van der Waals surface area (Å²) in [6, 6.07) is 3.35.